The van der Waals surface area contributed by atoms with Crippen LogP contribution in [0.25, 0.3) is 11.0 Å². The number of para-hydroxylation sites is 1. The van der Waals surface area contributed by atoms with Crippen molar-refractivity contribution in [3.8, 4) is 0 Å². The molecule has 0 aliphatic heterocycles. The Morgan fingerprint density at radius 3 is 2.81 bits per heavy atom. The van der Waals surface area contributed by atoms with Crippen LogP contribution in [-0.2, 0) is 6.42 Å². The van der Waals surface area contributed by atoms with Gasteiger partial charge in [0.05, 0.1) is 17.2 Å². The number of benzene rings is 1. The Balaban J connectivity index is 1.57. The fraction of sp³-hybridized carbons (Fsp3) is 0.350. The van der Waals surface area contributed by atoms with Gasteiger partial charge in [-0.2, -0.15) is 0 Å². The van der Waals surface area contributed by atoms with Gasteiger partial charge in [0.1, 0.15) is 11.3 Å². The van der Waals surface area contributed by atoms with Crippen molar-refractivity contribution < 1.29 is 9.90 Å². The molecule has 1 atom stereocenters. The van der Waals surface area contributed by atoms with Crippen molar-refractivity contribution in [3.63, 3.8) is 0 Å². The van der Waals surface area contributed by atoms with Gasteiger partial charge in [0.2, 0.25) is 0 Å². The van der Waals surface area contributed by atoms with E-state index in [1.807, 2.05) is 31.2 Å². The second kappa shape index (κ2) is 6.88. The van der Waals surface area contributed by atoms with Crippen LogP contribution in [0.3, 0.4) is 0 Å². The molecule has 1 aliphatic carbocycles. The number of carbonyl (C=O) groups is 1. The zero-order valence-corrected chi connectivity index (χ0v) is 14.6. The predicted molar refractivity (Wildman–Crippen MR) is 98.8 cm³/mol. The van der Waals surface area contributed by atoms with Crippen LogP contribution in [0.2, 0.25) is 0 Å². The maximum Gasteiger partial charge on any atom is 0.253 e. The highest BCUT2D eigenvalue weighted by molar-refractivity contribution is 6.05. The van der Waals surface area contributed by atoms with Crippen LogP contribution in [0, 0.1) is 12.8 Å². The van der Waals surface area contributed by atoms with Crippen molar-refractivity contribution in [2.45, 2.75) is 38.3 Å². The number of nitrogens with one attached hydrogen (secondary N) is 2. The summed E-state index contributed by atoms with van der Waals surface area (Å²) in [5, 5.41) is 12.9. The molecule has 0 radical (unpaired) electrons. The van der Waals surface area contributed by atoms with Gasteiger partial charge in [-0.1, -0.05) is 6.07 Å². The summed E-state index contributed by atoms with van der Waals surface area (Å²) < 4.78 is 0. The Labute approximate surface area is 151 Å². The highest BCUT2D eigenvalue weighted by Gasteiger charge is 2.35. The quantitative estimate of drug-likeness (QED) is 0.659. The SMILES string of the molecule is Cc1nc2c(C(=O)N[C@H](Cc3ccncc3)C3CC(O)C3)cccc2[nH]1. The Morgan fingerprint density at radius 1 is 1.31 bits per heavy atom. The lowest BCUT2D eigenvalue weighted by molar-refractivity contribution is 0.0239. The summed E-state index contributed by atoms with van der Waals surface area (Å²) in [6.07, 6.45) is 5.44. The van der Waals surface area contributed by atoms with Crippen molar-refractivity contribution >= 4 is 16.9 Å². The monoisotopic (exact) mass is 350 g/mol. The summed E-state index contributed by atoms with van der Waals surface area (Å²) in [5.74, 6) is 0.945. The molecule has 2 heterocycles. The fourth-order valence-corrected chi connectivity index (χ4v) is 3.65. The van der Waals surface area contributed by atoms with Gasteiger partial charge in [-0.15, -0.1) is 0 Å². The van der Waals surface area contributed by atoms with Gasteiger partial charge in [-0.05, 0) is 61.9 Å². The number of nitrogens with zero attached hydrogens (tertiary/aromatic N) is 2. The molecule has 134 valence electrons. The van der Waals surface area contributed by atoms with E-state index < -0.39 is 0 Å². The van der Waals surface area contributed by atoms with E-state index in [0.29, 0.717) is 11.1 Å². The molecule has 0 bridgehead atoms. The van der Waals surface area contributed by atoms with Crippen LogP contribution in [0.4, 0.5) is 0 Å². The first-order valence-corrected chi connectivity index (χ1v) is 8.93. The molecular formula is C20H22N4O2. The zero-order valence-electron chi connectivity index (χ0n) is 14.6. The summed E-state index contributed by atoms with van der Waals surface area (Å²) in [4.78, 5) is 24.6. The van der Waals surface area contributed by atoms with E-state index in [9.17, 15) is 9.90 Å². The normalized spacial score (nSPS) is 20.5. The Kier molecular flexibility index (Phi) is 4.42. The number of aliphatic hydroxyl groups excluding tert-OH is 1. The van der Waals surface area contributed by atoms with E-state index in [4.69, 9.17) is 0 Å². The number of aromatic amines is 1. The minimum atomic E-state index is -0.255. The Bertz CT molecular complexity index is 916. The molecule has 6 nitrogen and oxygen atoms in total. The highest BCUT2D eigenvalue weighted by atomic mass is 16.3. The molecule has 0 unspecified atom stereocenters. The van der Waals surface area contributed by atoms with E-state index in [0.717, 1.165) is 36.2 Å². The second-order valence-corrected chi connectivity index (χ2v) is 7.05. The van der Waals surface area contributed by atoms with E-state index in [-0.39, 0.29) is 24.0 Å². The average molecular weight is 350 g/mol. The number of H-pyrrole nitrogens is 1. The van der Waals surface area contributed by atoms with Gasteiger partial charge in [0.25, 0.3) is 5.91 Å². The molecule has 3 N–H and O–H groups in total. The summed E-state index contributed by atoms with van der Waals surface area (Å²) in [6.45, 7) is 1.88. The van der Waals surface area contributed by atoms with E-state index in [1.165, 1.54) is 0 Å². The molecule has 1 aromatic carbocycles. The van der Waals surface area contributed by atoms with Crippen LogP contribution in [0.5, 0.6) is 0 Å². The van der Waals surface area contributed by atoms with Gasteiger partial charge in [0, 0.05) is 18.4 Å². The van der Waals surface area contributed by atoms with Gasteiger partial charge < -0.3 is 15.4 Å². The minimum Gasteiger partial charge on any atom is -0.393 e. The number of imidazole rings is 1. The summed E-state index contributed by atoms with van der Waals surface area (Å²) in [5.41, 5.74) is 3.26. The molecule has 6 heteroatoms. The maximum absolute atomic E-state index is 13.0. The van der Waals surface area contributed by atoms with Crippen LogP contribution in [-0.4, -0.2) is 38.1 Å². The highest BCUT2D eigenvalue weighted by Crippen LogP contribution is 2.32. The van der Waals surface area contributed by atoms with Crippen LogP contribution >= 0.6 is 0 Å². The Hall–Kier alpha value is -2.73. The maximum atomic E-state index is 13.0. The number of aliphatic hydroxyl groups is 1. The van der Waals surface area contributed by atoms with Crippen molar-refractivity contribution in [2.24, 2.45) is 5.92 Å². The van der Waals surface area contributed by atoms with E-state index in [1.54, 1.807) is 18.5 Å². The largest absolute Gasteiger partial charge is 0.393 e. The van der Waals surface area contributed by atoms with Crippen molar-refractivity contribution in [1.82, 2.24) is 20.3 Å². The third-order valence-electron chi connectivity index (χ3n) is 5.12. The number of amides is 1. The molecule has 3 aromatic rings. The topological polar surface area (TPSA) is 90.9 Å². The molecule has 1 aliphatic rings. The fourth-order valence-electron chi connectivity index (χ4n) is 3.65. The molecule has 0 spiro atoms. The third-order valence-corrected chi connectivity index (χ3v) is 5.12. The second-order valence-electron chi connectivity index (χ2n) is 7.05. The first-order chi connectivity index (χ1) is 12.6. The lowest BCUT2D eigenvalue weighted by Crippen LogP contribution is -2.48. The van der Waals surface area contributed by atoms with Gasteiger partial charge in [-0.3, -0.25) is 9.78 Å². The van der Waals surface area contributed by atoms with Gasteiger partial charge in [0.15, 0.2) is 0 Å². The number of fused-ring (bicyclic) bond motifs is 1. The van der Waals surface area contributed by atoms with E-state index in [2.05, 4.69) is 20.3 Å². The van der Waals surface area contributed by atoms with Gasteiger partial charge >= 0.3 is 0 Å². The molecule has 26 heavy (non-hydrogen) atoms. The lowest BCUT2D eigenvalue weighted by Gasteiger charge is -2.38. The molecular weight excluding hydrogens is 328 g/mol. The third kappa shape index (κ3) is 3.32. The number of aromatic nitrogens is 3. The smallest absolute Gasteiger partial charge is 0.253 e. The van der Waals surface area contributed by atoms with E-state index >= 15 is 0 Å². The number of hydrogen-bond donors (Lipinski definition) is 3. The average Bonchev–Trinajstić information content (AvgIpc) is 2.99. The number of aryl methyl sites for hydroxylation is 1. The summed E-state index contributed by atoms with van der Waals surface area (Å²) >= 11 is 0. The molecule has 1 fully saturated rings. The number of carbonyl (C=O) groups excluding carboxylic acids is 1. The molecule has 4 rings (SSSR count). The summed E-state index contributed by atoms with van der Waals surface area (Å²) in [6, 6.07) is 9.49. The number of hydrogen-bond acceptors (Lipinski definition) is 4. The Morgan fingerprint density at radius 2 is 2.08 bits per heavy atom. The molecule has 2 aromatic heterocycles. The van der Waals surface area contributed by atoms with Crippen LogP contribution in [0.1, 0.15) is 34.6 Å². The summed E-state index contributed by atoms with van der Waals surface area (Å²) in [7, 11) is 0. The van der Waals surface area contributed by atoms with Crippen LogP contribution < -0.4 is 5.32 Å². The molecule has 0 saturated heterocycles. The van der Waals surface area contributed by atoms with Crippen molar-refractivity contribution in [1.29, 1.82) is 0 Å². The molecule has 1 saturated carbocycles. The lowest BCUT2D eigenvalue weighted by atomic mass is 9.75. The van der Waals surface area contributed by atoms with Crippen molar-refractivity contribution in [2.75, 3.05) is 0 Å². The predicted octanol–water partition coefficient (Wildman–Crippen LogP) is 2.38. The van der Waals surface area contributed by atoms with Gasteiger partial charge in [-0.25, -0.2) is 4.98 Å². The number of pyridine rings is 1. The first kappa shape index (κ1) is 16.7. The van der Waals surface area contributed by atoms with Crippen molar-refractivity contribution in [3.05, 3.63) is 59.7 Å². The minimum absolute atomic E-state index is 0.0244. The first-order valence-electron chi connectivity index (χ1n) is 8.93. The van der Waals surface area contributed by atoms with Crippen LogP contribution in [0.15, 0.2) is 42.7 Å². The zero-order chi connectivity index (χ0) is 18.1. The number of rotatable bonds is 5. The molecule has 1 amide bonds. The standard InChI is InChI=1S/C20H22N4O2/c1-12-22-17-4-2-3-16(19(17)23-12)20(26)24-18(14-10-15(25)11-14)9-13-5-7-21-8-6-13/h2-8,14-15,18,25H,9-11H2,1H3,(H,22,23)(H,24,26)/t14?,15?,18-/m1/s1.